The molecular formula is C11H22N2S. The van der Waals surface area contributed by atoms with Crippen molar-refractivity contribution >= 4 is 11.8 Å². The fourth-order valence-corrected chi connectivity index (χ4v) is 2.88. The van der Waals surface area contributed by atoms with Gasteiger partial charge in [0.1, 0.15) is 0 Å². The second kappa shape index (κ2) is 4.86. The Balaban J connectivity index is 1.68. The van der Waals surface area contributed by atoms with Crippen LogP contribution in [0, 0.1) is 0 Å². The molecule has 82 valence electrons. The number of nitrogens with one attached hydrogen (secondary N) is 2. The van der Waals surface area contributed by atoms with Crippen LogP contribution in [0.25, 0.3) is 0 Å². The van der Waals surface area contributed by atoms with Gasteiger partial charge in [0, 0.05) is 17.3 Å². The van der Waals surface area contributed by atoms with E-state index in [1.165, 1.54) is 51.7 Å². The van der Waals surface area contributed by atoms with Crippen LogP contribution in [-0.2, 0) is 0 Å². The Morgan fingerprint density at radius 3 is 2.93 bits per heavy atom. The average Bonchev–Trinajstić information content (AvgIpc) is 3.01. The molecule has 2 aliphatic rings. The van der Waals surface area contributed by atoms with Crippen molar-refractivity contribution in [1.82, 2.24) is 10.6 Å². The van der Waals surface area contributed by atoms with Crippen molar-refractivity contribution in [3.63, 3.8) is 0 Å². The van der Waals surface area contributed by atoms with E-state index >= 15 is 0 Å². The number of thioether (sulfide) groups is 1. The summed E-state index contributed by atoms with van der Waals surface area (Å²) in [5.41, 5.74) is 0. The van der Waals surface area contributed by atoms with Gasteiger partial charge in [0.05, 0.1) is 0 Å². The van der Waals surface area contributed by atoms with E-state index in [1.54, 1.807) is 0 Å². The zero-order valence-electron chi connectivity index (χ0n) is 9.14. The van der Waals surface area contributed by atoms with Crippen molar-refractivity contribution in [3.05, 3.63) is 0 Å². The van der Waals surface area contributed by atoms with Crippen molar-refractivity contribution in [1.29, 1.82) is 0 Å². The molecule has 1 saturated heterocycles. The highest BCUT2D eigenvalue weighted by Crippen LogP contribution is 2.46. The normalized spacial score (nSPS) is 31.1. The van der Waals surface area contributed by atoms with E-state index in [1.807, 2.05) is 0 Å². The van der Waals surface area contributed by atoms with Crippen LogP contribution in [0.3, 0.4) is 0 Å². The molecule has 14 heavy (non-hydrogen) atoms. The highest BCUT2D eigenvalue weighted by atomic mass is 32.2. The topological polar surface area (TPSA) is 24.1 Å². The van der Waals surface area contributed by atoms with Gasteiger partial charge in [0.2, 0.25) is 0 Å². The first-order valence-electron chi connectivity index (χ1n) is 5.84. The smallest absolute Gasteiger partial charge is 0.0282 e. The number of rotatable bonds is 4. The molecule has 2 N–H and O–H groups in total. The van der Waals surface area contributed by atoms with E-state index in [4.69, 9.17) is 0 Å². The van der Waals surface area contributed by atoms with Crippen LogP contribution in [0.5, 0.6) is 0 Å². The number of hydrogen-bond acceptors (Lipinski definition) is 3. The van der Waals surface area contributed by atoms with Gasteiger partial charge in [-0.15, -0.1) is 0 Å². The van der Waals surface area contributed by atoms with Gasteiger partial charge in [-0.3, -0.25) is 0 Å². The molecule has 1 aliphatic carbocycles. The summed E-state index contributed by atoms with van der Waals surface area (Å²) in [5.74, 6) is 0. The van der Waals surface area contributed by atoms with E-state index in [2.05, 4.69) is 28.7 Å². The molecule has 0 amide bonds. The molecule has 0 spiro atoms. The fraction of sp³-hybridized carbons (Fsp3) is 1.00. The van der Waals surface area contributed by atoms with Crippen LogP contribution in [0.1, 0.15) is 32.1 Å². The predicted molar refractivity (Wildman–Crippen MR) is 64.0 cm³/mol. The summed E-state index contributed by atoms with van der Waals surface area (Å²) in [6.45, 7) is 3.65. The van der Waals surface area contributed by atoms with Crippen LogP contribution >= 0.6 is 11.8 Å². The molecule has 3 heteroatoms. The van der Waals surface area contributed by atoms with Gasteiger partial charge in [-0.25, -0.2) is 0 Å². The van der Waals surface area contributed by atoms with Crippen LogP contribution in [0.15, 0.2) is 0 Å². The van der Waals surface area contributed by atoms with E-state index in [0.29, 0.717) is 4.75 Å². The quantitative estimate of drug-likeness (QED) is 0.743. The van der Waals surface area contributed by atoms with E-state index in [0.717, 1.165) is 6.04 Å². The van der Waals surface area contributed by atoms with Gasteiger partial charge >= 0.3 is 0 Å². The van der Waals surface area contributed by atoms with Gasteiger partial charge in [0.25, 0.3) is 0 Å². The highest BCUT2D eigenvalue weighted by Gasteiger charge is 2.41. The maximum atomic E-state index is 3.75. The monoisotopic (exact) mass is 214 g/mol. The lowest BCUT2D eigenvalue weighted by Gasteiger charge is -2.20. The summed E-state index contributed by atoms with van der Waals surface area (Å²) in [5, 5.41) is 7.21. The maximum absolute atomic E-state index is 3.75. The molecule has 0 aromatic rings. The molecule has 1 heterocycles. The largest absolute Gasteiger partial charge is 0.317 e. The van der Waals surface area contributed by atoms with E-state index < -0.39 is 0 Å². The van der Waals surface area contributed by atoms with Gasteiger partial charge in [-0.05, 0) is 51.4 Å². The molecular weight excluding hydrogens is 192 g/mol. The Labute approximate surface area is 91.6 Å². The van der Waals surface area contributed by atoms with Gasteiger partial charge in [-0.2, -0.15) is 11.8 Å². The molecule has 2 fully saturated rings. The fourth-order valence-electron chi connectivity index (χ4n) is 2.15. The second-order valence-electron chi connectivity index (χ2n) is 4.65. The minimum Gasteiger partial charge on any atom is -0.317 e. The lowest BCUT2D eigenvalue weighted by molar-refractivity contribution is 0.466. The summed E-state index contributed by atoms with van der Waals surface area (Å²) in [4.78, 5) is 0. The molecule has 1 atom stereocenters. The first-order valence-corrected chi connectivity index (χ1v) is 7.06. The Morgan fingerprint density at radius 1 is 1.36 bits per heavy atom. The Bertz CT molecular complexity index is 172. The summed E-state index contributed by atoms with van der Waals surface area (Å²) >= 11 is 2.05. The minimum atomic E-state index is 0.625. The Morgan fingerprint density at radius 2 is 2.21 bits per heavy atom. The number of hydrogen-bond donors (Lipinski definition) is 2. The average molecular weight is 214 g/mol. The van der Waals surface area contributed by atoms with E-state index in [9.17, 15) is 0 Å². The maximum Gasteiger partial charge on any atom is 0.0282 e. The van der Waals surface area contributed by atoms with Gasteiger partial charge in [-0.1, -0.05) is 0 Å². The second-order valence-corrected chi connectivity index (χ2v) is 5.92. The third-order valence-corrected chi connectivity index (χ3v) is 4.95. The third-order valence-electron chi connectivity index (χ3n) is 3.53. The van der Waals surface area contributed by atoms with Crippen LogP contribution in [0.4, 0.5) is 0 Å². The summed E-state index contributed by atoms with van der Waals surface area (Å²) in [6, 6.07) is 0.773. The van der Waals surface area contributed by atoms with Crippen LogP contribution < -0.4 is 10.6 Å². The molecule has 0 aromatic heterocycles. The lowest BCUT2D eigenvalue weighted by atomic mass is 10.1. The van der Waals surface area contributed by atoms with Crippen molar-refractivity contribution in [2.45, 2.75) is 42.9 Å². The van der Waals surface area contributed by atoms with E-state index in [-0.39, 0.29) is 0 Å². The van der Waals surface area contributed by atoms with Crippen molar-refractivity contribution in [2.24, 2.45) is 0 Å². The first-order chi connectivity index (χ1) is 6.85. The molecule has 1 aliphatic heterocycles. The SMILES string of the molecule is CSC1(CNC2CCCNCC2)CC1. The summed E-state index contributed by atoms with van der Waals surface area (Å²) in [6.07, 6.45) is 9.10. The predicted octanol–water partition coefficient (Wildman–Crippen LogP) is 1.61. The van der Waals surface area contributed by atoms with Gasteiger partial charge in [0.15, 0.2) is 0 Å². The van der Waals surface area contributed by atoms with Crippen LogP contribution in [-0.4, -0.2) is 36.7 Å². The minimum absolute atomic E-state index is 0.625. The molecule has 1 saturated carbocycles. The standard InChI is InChI=1S/C11H22N2S/c1-14-11(5-6-11)9-13-10-3-2-7-12-8-4-10/h10,12-13H,2-9H2,1H3. The first kappa shape index (κ1) is 10.8. The van der Waals surface area contributed by atoms with Crippen molar-refractivity contribution in [2.75, 3.05) is 25.9 Å². The Kier molecular flexibility index (Phi) is 3.74. The molecule has 2 nitrogen and oxygen atoms in total. The highest BCUT2D eigenvalue weighted by molar-refractivity contribution is 8.00. The third kappa shape index (κ3) is 2.88. The van der Waals surface area contributed by atoms with Crippen molar-refractivity contribution < 1.29 is 0 Å². The summed E-state index contributed by atoms with van der Waals surface area (Å²) < 4.78 is 0.625. The molecule has 2 rings (SSSR count). The molecule has 1 unspecified atom stereocenters. The van der Waals surface area contributed by atoms with Crippen LogP contribution in [0.2, 0.25) is 0 Å². The zero-order valence-corrected chi connectivity index (χ0v) is 9.96. The summed E-state index contributed by atoms with van der Waals surface area (Å²) in [7, 11) is 0. The zero-order chi connectivity index (χ0) is 9.86. The Hall–Kier alpha value is 0.270. The van der Waals surface area contributed by atoms with Gasteiger partial charge < -0.3 is 10.6 Å². The molecule has 0 bridgehead atoms. The molecule has 0 radical (unpaired) electrons. The lowest BCUT2D eigenvalue weighted by Crippen LogP contribution is -2.35. The molecule has 0 aromatic carbocycles. The van der Waals surface area contributed by atoms with Crippen molar-refractivity contribution in [3.8, 4) is 0 Å².